The van der Waals surface area contributed by atoms with Gasteiger partial charge in [-0.3, -0.25) is 0 Å². The number of hydrogen-bond acceptors (Lipinski definition) is 1. The summed E-state index contributed by atoms with van der Waals surface area (Å²) in [6, 6.07) is 44.3. The molecule has 6 aromatic rings. The van der Waals surface area contributed by atoms with Crippen LogP contribution in [0.4, 0.5) is 11.4 Å². The number of hydrogen-bond donors (Lipinski definition) is 0. The molecule has 0 amide bonds. The molecule has 2 aliphatic rings. The van der Waals surface area contributed by atoms with Gasteiger partial charge in [-0.2, -0.15) is 0 Å². The summed E-state index contributed by atoms with van der Waals surface area (Å²) < 4.78 is 2.42. The largest absolute Gasteiger partial charge is 0.333 e. The van der Waals surface area contributed by atoms with Gasteiger partial charge in [0.25, 0.3) is 0 Å². The molecule has 0 N–H and O–H groups in total. The van der Waals surface area contributed by atoms with Crippen molar-refractivity contribution in [1.29, 1.82) is 0 Å². The third kappa shape index (κ3) is 3.13. The number of aromatic nitrogens is 1. The second-order valence-corrected chi connectivity index (χ2v) is 10.2. The molecular weight excluding hydrogens is 460 g/mol. The topological polar surface area (TPSA) is 8.17 Å². The Hall–Kier alpha value is -4.82. The Morgan fingerprint density at radius 1 is 0.500 bits per heavy atom. The van der Waals surface area contributed by atoms with Crippen LogP contribution in [0.3, 0.4) is 0 Å². The van der Waals surface area contributed by atoms with Gasteiger partial charge in [0, 0.05) is 33.8 Å². The standard InChI is InChI=1S/C36H26N2/c1-2-10-25(11-3-1)26-18-20-27(21-19-26)37-35-17-9-6-14-31(35)32-24-28(22-23-36(32)37)38-33-15-7-4-12-29(33)30-13-5-8-16-34(30)38/h1-24,31,35H. The number of nitrogens with zero attached hydrogens (tertiary/aromatic N) is 2. The molecule has 1 aromatic heterocycles. The Morgan fingerprint density at radius 3 is 1.84 bits per heavy atom. The molecule has 2 unspecified atom stereocenters. The minimum Gasteiger partial charge on any atom is -0.333 e. The van der Waals surface area contributed by atoms with Gasteiger partial charge >= 0.3 is 0 Å². The van der Waals surface area contributed by atoms with E-state index in [9.17, 15) is 0 Å². The molecule has 0 saturated carbocycles. The Morgan fingerprint density at radius 2 is 1.11 bits per heavy atom. The number of para-hydroxylation sites is 2. The van der Waals surface area contributed by atoms with Crippen molar-refractivity contribution >= 4 is 33.2 Å². The van der Waals surface area contributed by atoms with E-state index in [4.69, 9.17) is 0 Å². The normalized spacial score (nSPS) is 17.7. The molecule has 2 heterocycles. The van der Waals surface area contributed by atoms with Gasteiger partial charge in [-0.05, 0) is 59.2 Å². The predicted octanol–water partition coefficient (Wildman–Crippen LogP) is 9.18. The van der Waals surface area contributed by atoms with Crippen LogP contribution in [0.25, 0.3) is 38.6 Å². The lowest BCUT2D eigenvalue weighted by molar-refractivity contribution is 0.744. The number of rotatable bonds is 3. The Kier molecular flexibility index (Phi) is 4.68. The zero-order valence-electron chi connectivity index (χ0n) is 20.9. The van der Waals surface area contributed by atoms with Crippen molar-refractivity contribution in [2.24, 2.45) is 0 Å². The Labute approximate surface area is 222 Å². The molecule has 38 heavy (non-hydrogen) atoms. The number of fused-ring (bicyclic) bond motifs is 6. The van der Waals surface area contributed by atoms with Gasteiger partial charge in [0.1, 0.15) is 0 Å². The van der Waals surface area contributed by atoms with E-state index in [0.717, 1.165) is 0 Å². The van der Waals surface area contributed by atoms with Crippen molar-refractivity contribution in [1.82, 2.24) is 4.57 Å². The van der Waals surface area contributed by atoms with Gasteiger partial charge in [0.05, 0.1) is 17.1 Å². The van der Waals surface area contributed by atoms with E-state index < -0.39 is 0 Å². The number of benzene rings is 5. The molecule has 0 bridgehead atoms. The highest BCUT2D eigenvalue weighted by molar-refractivity contribution is 6.09. The molecule has 8 rings (SSSR count). The summed E-state index contributed by atoms with van der Waals surface area (Å²) in [6.45, 7) is 0. The van der Waals surface area contributed by atoms with Crippen LogP contribution >= 0.6 is 0 Å². The van der Waals surface area contributed by atoms with Crippen LogP contribution in [-0.2, 0) is 0 Å². The first-order chi connectivity index (χ1) is 18.9. The molecule has 0 spiro atoms. The molecule has 1 aliphatic carbocycles. The molecule has 0 radical (unpaired) electrons. The minimum absolute atomic E-state index is 0.269. The van der Waals surface area contributed by atoms with Crippen LogP contribution in [0, 0.1) is 0 Å². The third-order valence-electron chi connectivity index (χ3n) is 8.12. The molecule has 2 atom stereocenters. The molecule has 5 aromatic carbocycles. The van der Waals surface area contributed by atoms with E-state index in [-0.39, 0.29) is 6.04 Å². The van der Waals surface area contributed by atoms with E-state index in [2.05, 4.69) is 155 Å². The first-order valence-electron chi connectivity index (χ1n) is 13.3. The minimum atomic E-state index is 0.269. The van der Waals surface area contributed by atoms with E-state index in [1.807, 2.05) is 0 Å². The maximum absolute atomic E-state index is 2.50. The highest BCUT2D eigenvalue weighted by Crippen LogP contribution is 2.49. The zero-order chi connectivity index (χ0) is 25.1. The molecule has 2 heteroatoms. The molecule has 0 saturated heterocycles. The summed E-state index contributed by atoms with van der Waals surface area (Å²) >= 11 is 0. The van der Waals surface area contributed by atoms with Gasteiger partial charge in [0.15, 0.2) is 0 Å². The molecule has 1 aliphatic heterocycles. The second kappa shape index (κ2) is 8.36. The van der Waals surface area contributed by atoms with Crippen LogP contribution in [0.2, 0.25) is 0 Å². The Bertz CT molecular complexity index is 1820. The van der Waals surface area contributed by atoms with E-state index >= 15 is 0 Å². The van der Waals surface area contributed by atoms with Crippen molar-refractivity contribution in [2.75, 3.05) is 4.90 Å². The lowest BCUT2D eigenvalue weighted by Crippen LogP contribution is -2.28. The lowest BCUT2D eigenvalue weighted by Gasteiger charge is -2.28. The van der Waals surface area contributed by atoms with Crippen LogP contribution in [0.15, 0.2) is 146 Å². The SMILES string of the molecule is C1=CC2c3cc(-n4c5ccccc5c5ccccc54)ccc3N(c3ccc(-c4ccccc4)cc3)C2C=C1. The molecule has 2 nitrogen and oxygen atoms in total. The van der Waals surface area contributed by atoms with Gasteiger partial charge < -0.3 is 9.47 Å². The van der Waals surface area contributed by atoms with Crippen LogP contribution < -0.4 is 4.90 Å². The van der Waals surface area contributed by atoms with E-state index in [0.29, 0.717) is 5.92 Å². The number of anilines is 2. The van der Waals surface area contributed by atoms with Crippen LogP contribution in [0.5, 0.6) is 0 Å². The molecular formula is C36H26N2. The van der Waals surface area contributed by atoms with Crippen LogP contribution in [0.1, 0.15) is 11.5 Å². The van der Waals surface area contributed by atoms with E-state index in [1.165, 1.54) is 55.6 Å². The summed E-state index contributed by atoms with van der Waals surface area (Å²) in [6.07, 6.45) is 9.08. The predicted molar refractivity (Wildman–Crippen MR) is 160 cm³/mol. The average Bonchev–Trinajstić information content (AvgIpc) is 3.50. The summed E-state index contributed by atoms with van der Waals surface area (Å²) in [7, 11) is 0. The van der Waals surface area contributed by atoms with E-state index in [1.54, 1.807) is 0 Å². The van der Waals surface area contributed by atoms with Crippen molar-refractivity contribution in [3.63, 3.8) is 0 Å². The second-order valence-electron chi connectivity index (χ2n) is 10.2. The summed E-state index contributed by atoms with van der Waals surface area (Å²) in [5, 5.41) is 2.59. The third-order valence-corrected chi connectivity index (χ3v) is 8.12. The molecule has 180 valence electrons. The fourth-order valence-corrected chi connectivity index (χ4v) is 6.41. The monoisotopic (exact) mass is 486 g/mol. The van der Waals surface area contributed by atoms with Crippen molar-refractivity contribution in [3.8, 4) is 16.8 Å². The maximum atomic E-state index is 2.50. The van der Waals surface area contributed by atoms with Crippen LogP contribution in [-0.4, -0.2) is 10.6 Å². The average molecular weight is 487 g/mol. The van der Waals surface area contributed by atoms with Crippen molar-refractivity contribution in [2.45, 2.75) is 12.0 Å². The summed E-state index contributed by atoms with van der Waals surface area (Å²) in [5.41, 5.74) is 10.1. The first kappa shape index (κ1) is 21.3. The first-order valence-corrected chi connectivity index (χ1v) is 13.3. The van der Waals surface area contributed by atoms with Crippen molar-refractivity contribution < 1.29 is 0 Å². The summed E-state index contributed by atoms with van der Waals surface area (Å²) in [5.74, 6) is 0.317. The fraction of sp³-hybridized carbons (Fsp3) is 0.0556. The van der Waals surface area contributed by atoms with Gasteiger partial charge in [-0.25, -0.2) is 0 Å². The van der Waals surface area contributed by atoms with Gasteiger partial charge in [-0.15, -0.1) is 0 Å². The zero-order valence-corrected chi connectivity index (χ0v) is 20.9. The Balaban J connectivity index is 1.27. The number of allylic oxidation sites excluding steroid dienone is 2. The fourth-order valence-electron chi connectivity index (χ4n) is 6.41. The lowest BCUT2D eigenvalue weighted by atomic mass is 9.91. The highest BCUT2D eigenvalue weighted by atomic mass is 15.2. The smallest absolute Gasteiger partial charge is 0.0629 e. The maximum Gasteiger partial charge on any atom is 0.0629 e. The van der Waals surface area contributed by atoms with Gasteiger partial charge in [0.2, 0.25) is 0 Å². The quantitative estimate of drug-likeness (QED) is 0.242. The van der Waals surface area contributed by atoms with Gasteiger partial charge in [-0.1, -0.05) is 103 Å². The highest BCUT2D eigenvalue weighted by Gasteiger charge is 2.37. The summed E-state index contributed by atoms with van der Waals surface area (Å²) in [4.78, 5) is 2.50. The van der Waals surface area contributed by atoms with Crippen molar-refractivity contribution in [3.05, 3.63) is 151 Å². The molecule has 0 fully saturated rings.